The molecule has 0 N–H and O–H groups in total. The molecular weight excluding hydrogens is 355 g/mol. The number of hydrogen-bond acceptors (Lipinski definition) is 1. The largest absolute Gasteiger partial charge is 0.391 e. The third-order valence-electron chi connectivity index (χ3n) is 3.76. The van der Waals surface area contributed by atoms with Crippen molar-refractivity contribution in [3.63, 3.8) is 0 Å². The molecule has 0 unspecified atom stereocenters. The van der Waals surface area contributed by atoms with Gasteiger partial charge in [0.25, 0.3) is 0 Å². The first-order valence-corrected chi connectivity index (χ1v) is 7.76. The van der Waals surface area contributed by atoms with E-state index in [2.05, 4.69) is 20.8 Å². The van der Waals surface area contributed by atoms with Crippen LogP contribution in [0.15, 0.2) is 22.7 Å². The van der Waals surface area contributed by atoms with Crippen molar-refractivity contribution in [2.24, 2.45) is 5.92 Å². The second kappa shape index (κ2) is 6.67. The van der Waals surface area contributed by atoms with Crippen LogP contribution in [0.5, 0.6) is 0 Å². The lowest BCUT2D eigenvalue weighted by atomic mass is 9.96. The number of likely N-dealkylation sites (tertiary alicyclic amines) is 1. The summed E-state index contributed by atoms with van der Waals surface area (Å²) < 4.78 is 38.7. The van der Waals surface area contributed by atoms with Gasteiger partial charge < -0.3 is 4.90 Å². The molecule has 1 nitrogen and oxygen atoms in total. The van der Waals surface area contributed by atoms with E-state index in [0.717, 1.165) is 23.0 Å². The summed E-state index contributed by atoms with van der Waals surface area (Å²) in [4.78, 5) is 2.08. The van der Waals surface area contributed by atoms with E-state index in [-0.39, 0.29) is 12.8 Å². The summed E-state index contributed by atoms with van der Waals surface area (Å²) >= 11 is 9.50. The molecule has 0 radical (unpaired) electrons. The monoisotopic (exact) mass is 369 g/mol. The number of alkyl halides is 3. The zero-order valence-corrected chi connectivity index (χ0v) is 13.2. The summed E-state index contributed by atoms with van der Waals surface area (Å²) in [7, 11) is 0. The van der Waals surface area contributed by atoms with E-state index in [0.29, 0.717) is 18.1 Å². The molecule has 0 spiro atoms. The van der Waals surface area contributed by atoms with Gasteiger partial charge in [0.1, 0.15) is 0 Å². The van der Waals surface area contributed by atoms with Crippen molar-refractivity contribution in [1.82, 2.24) is 4.90 Å². The van der Waals surface area contributed by atoms with Gasteiger partial charge in [-0.25, -0.2) is 0 Å². The second-order valence-electron chi connectivity index (χ2n) is 5.14. The van der Waals surface area contributed by atoms with E-state index in [9.17, 15) is 13.2 Å². The molecule has 6 heteroatoms. The lowest BCUT2D eigenvalue weighted by Gasteiger charge is -2.32. The van der Waals surface area contributed by atoms with Gasteiger partial charge in [0, 0.05) is 16.0 Å². The average Bonchev–Trinajstić information content (AvgIpc) is 2.39. The molecule has 1 aromatic rings. The zero-order valence-electron chi connectivity index (χ0n) is 10.9. The first kappa shape index (κ1) is 16.1. The maximum absolute atomic E-state index is 12.6. The Labute approximate surface area is 130 Å². The molecule has 0 atom stereocenters. The highest BCUT2D eigenvalue weighted by Crippen LogP contribution is 2.34. The third-order valence-corrected chi connectivity index (χ3v) is 4.62. The molecule has 0 aromatic heterocycles. The molecule has 0 saturated carbocycles. The summed E-state index contributed by atoms with van der Waals surface area (Å²) in [6.07, 6.45) is -2.87. The van der Waals surface area contributed by atoms with Crippen LogP contribution in [0.3, 0.4) is 0 Å². The van der Waals surface area contributed by atoms with Crippen LogP contribution in [0, 0.1) is 5.92 Å². The first-order chi connectivity index (χ1) is 9.36. The predicted octanol–water partition coefficient (Wildman–Crippen LogP) is 4.92. The fraction of sp³-hybridized carbons (Fsp3) is 0.571. The van der Waals surface area contributed by atoms with E-state index in [1.807, 2.05) is 18.2 Å². The van der Waals surface area contributed by atoms with Gasteiger partial charge in [-0.2, -0.15) is 13.2 Å². The molecule has 2 rings (SSSR count). The van der Waals surface area contributed by atoms with Gasteiger partial charge in [-0.1, -0.05) is 27.5 Å². The van der Waals surface area contributed by atoms with Crippen LogP contribution in [-0.4, -0.2) is 30.7 Å². The molecule has 1 aromatic carbocycles. The Bertz CT molecular complexity index is 456. The summed E-state index contributed by atoms with van der Waals surface area (Å²) in [5.74, 6) is -1.13. The van der Waals surface area contributed by atoms with Crippen LogP contribution >= 0.6 is 27.5 Å². The van der Waals surface area contributed by atoms with Crippen molar-refractivity contribution in [2.45, 2.75) is 25.4 Å². The topological polar surface area (TPSA) is 3.24 Å². The SMILES string of the molecule is FC(F)(F)C1CCN(CCc2cc(Br)ccc2Cl)CC1. The zero-order chi connectivity index (χ0) is 14.8. The normalized spacial score (nSPS) is 18.4. The molecule has 1 saturated heterocycles. The van der Waals surface area contributed by atoms with Crippen molar-refractivity contribution in [3.8, 4) is 0 Å². The summed E-state index contributed by atoms with van der Waals surface area (Å²) in [5, 5.41) is 0.707. The maximum atomic E-state index is 12.6. The van der Waals surface area contributed by atoms with Crippen molar-refractivity contribution in [3.05, 3.63) is 33.3 Å². The molecule has 0 aliphatic carbocycles. The Morgan fingerprint density at radius 3 is 2.50 bits per heavy atom. The number of rotatable bonds is 3. The molecule has 1 aliphatic heterocycles. The van der Waals surface area contributed by atoms with Crippen LogP contribution < -0.4 is 0 Å². The number of hydrogen-bond donors (Lipinski definition) is 0. The van der Waals surface area contributed by atoms with Gasteiger partial charge in [-0.15, -0.1) is 0 Å². The maximum Gasteiger partial charge on any atom is 0.391 e. The molecule has 20 heavy (non-hydrogen) atoms. The molecule has 1 fully saturated rings. The summed E-state index contributed by atoms with van der Waals surface area (Å²) in [6.45, 7) is 1.77. The Kier molecular flexibility index (Phi) is 5.37. The van der Waals surface area contributed by atoms with Gasteiger partial charge in [-0.05, 0) is 56.1 Å². The molecule has 0 amide bonds. The third kappa shape index (κ3) is 4.37. The number of nitrogens with zero attached hydrogens (tertiary/aromatic N) is 1. The van der Waals surface area contributed by atoms with Crippen molar-refractivity contribution < 1.29 is 13.2 Å². The molecule has 112 valence electrons. The van der Waals surface area contributed by atoms with E-state index >= 15 is 0 Å². The number of halogens is 5. The minimum absolute atomic E-state index is 0.204. The second-order valence-corrected chi connectivity index (χ2v) is 6.47. The van der Waals surface area contributed by atoms with E-state index in [1.54, 1.807) is 0 Å². The Morgan fingerprint density at radius 1 is 1.25 bits per heavy atom. The Balaban J connectivity index is 1.83. The van der Waals surface area contributed by atoms with Gasteiger partial charge in [-0.3, -0.25) is 0 Å². The smallest absolute Gasteiger partial charge is 0.303 e. The lowest BCUT2D eigenvalue weighted by molar-refractivity contribution is -0.185. The fourth-order valence-corrected chi connectivity index (χ4v) is 3.12. The number of piperidine rings is 1. The predicted molar refractivity (Wildman–Crippen MR) is 78.1 cm³/mol. The highest BCUT2D eigenvalue weighted by molar-refractivity contribution is 9.10. The van der Waals surface area contributed by atoms with Gasteiger partial charge >= 0.3 is 6.18 Å². The van der Waals surface area contributed by atoms with Crippen LogP contribution in [0.4, 0.5) is 13.2 Å². The van der Waals surface area contributed by atoms with Gasteiger partial charge in [0.2, 0.25) is 0 Å². The average molecular weight is 371 g/mol. The summed E-state index contributed by atoms with van der Waals surface area (Å²) in [6, 6.07) is 5.67. The van der Waals surface area contributed by atoms with Gasteiger partial charge in [0.05, 0.1) is 5.92 Å². The van der Waals surface area contributed by atoms with E-state index < -0.39 is 12.1 Å². The van der Waals surface area contributed by atoms with Crippen LogP contribution in [0.1, 0.15) is 18.4 Å². The van der Waals surface area contributed by atoms with E-state index in [4.69, 9.17) is 11.6 Å². The Hall–Kier alpha value is -0.260. The van der Waals surface area contributed by atoms with Gasteiger partial charge in [0.15, 0.2) is 0 Å². The number of benzene rings is 1. The molecular formula is C14H16BrClF3N. The lowest BCUT2D eigenvalue weighted by Crippen LogP contribution is -2.39. The van der Waals surface area contributed by atoms with Crippen molar-refractivity contribution in [1.29, 1.82) is 0 Å². The minimum Gasteiger partial charge on any atom is -0.303 e. The molecule has 1 heterocycles. The summed E-state index contributed by atoms with van der Waals surface area (Å²) in [5.41, 5.74) is 1.03. The standard InChI is InChI=1S/C14H16BrClF3N/c15-12-1-2-13(16)10(9-12)3-6-20-7-4-11(5-8-20)14(17,18)19/h1-2,9,11H,3-8H2. The van der Waals surface area contributed by atoms with Crippen LogP contribution in [0.2, 0.25) is 5.02 Å². The van der Waals surface area contributed by atoms with E-state index in [1.165, 1.54) is 0 Å². The highest BCUT2D eigenvalue weighted by Gasteiger charge is 2.40. The quantitative estimate of drug-likeness (QED) is 0.730. The highest BCUT2D eigenvalue weighted by atomic mass is 79.9. The molecule has 1 aliphatic rings. The first-order valence-electron chi connectivity index (χ1n) is 6.59. The van der Waals surface area contributed by atoms with Crippen molar-refractivity contribution in [2.75, 3.05) is 19.6 Å². The van der Waals surface area contributed by atoms with Crippen LogP contribution in [-0.2, 0) is 6.42 Å². The molecule has 0 bridgehead atoms. The minimum atomic E-state index is -4.04. The van der Waals surface area contributed by atoms with Crippen LogP contribution in [0.25, 0.3) is 0 Å². The van der Waals surface area contributed by atoms with Crippen molar-refractivity contribution >= 4 is 27.5 Å². The Morgan fingerprint density at radius 2 is 1.90 bits per heavy atom. The fourth-order valence-electron chi connectivity index (χ4n) is 2.50.